The molecule has 0 unspecified atom stereocenters. The minimum atomic E-state index is -1.14. The number of hydrogen-bond donors (Lipinski definition) is 0. The second kappa shape index (κ2) is 5.46. The lowest BCUT2D eigenvalue weighted by atomic mass is 10.1. The van der Waals surface area contributed by atoms with Gasteiger partial charge in [0, 0.05) is 15.6 Å². The first-order valence-corrected chi connectivity index (χ1v) is 7.58. The molecule has 0 N–H and O–H groups in total. The molecule has 0 atom stereocenters. The van der Waals surface area contributed by atoms with Crippen molar-refractivity contribution in [3.8, 4) is 5.69 Å². The molecule has 0 aliphatic rings. The van der Waals surface area contributed by atoms with Crippen LogP contribution >= 0.6 is 11.3 Å². The van der Waals surface area contributed by atoms with Crippen molar-refractivity contribution in [1.29, 1.82) is 0 Å². The lowest BCUT2D eigenvalue weighted by Crippen LogP contribution is -2.24. The van der Waals surface area contributed by atoms with E-state index in [0.29, 0.717) is 16.5 Å². The molecule has 6 heteroatoms. The van der Waals surface area contributed by atoms with Gasteiger partial charge in [0.05, 0.1) is 11.1 Å². The van der Waals surface area contributed by atoms with Gasteiger partial charge in [0.15, 0.2) is 6.67 Å². The first-order chi connectivity index (χ1) is 10.5. The Bertz CT molecular complexity index is 926. The van der Waals surface area contributed by atoms with Crippen molar-refractivity contribution in [2.24, 2.45) is 0 Å². The van der Waals surface area contributed by atoms with E-state index in [-0.39, 0.29) is 11.3 Å². The van der Waals surface area contributed by atoms with Crippen LogP contribution in [-0.4, -0.2) is 22.2 Å². The Morgan fingerprint density at radius 1 is 1.27 bits per heavy atom. The Morgan fingerprint density at radius 2 is 1.95 bits per heavy atom. The summed E-state index contributed by atoms with van der Waals surface area (Å²) in [6.07, 6.45) is 0. The first kappa shape index (κ1) is 14.6. The predicted octanol–water partition coefficient (Wildman–Crippen LogP) is 3.22. The van der Waals surface area contributed by atoms with Crippen molar-refractivity contribution >= 4 is 27.9 Å². The van der Waals surface area contributed by atoms with Crippen LogP contribution in [0.1, 0.15) is 20.9 Å². The van der Waals surface area contributed by atoms with E-state index in [2.05, 4.69) is 5.10 Å². The lowest BCUT2D eigenvalue weighted by Gasteiger charge is -2.08. The molecule has 0 aliphatic carbocycles. The van der Waals surface area contributed by atoms with Crippen molar-refractivity contribution in [3.63, 3.8) is 0 Å². The molecule has 0 saturated heterocycles. The van der Waals surface area contributed by atoms with Gasteiger partial charge in [-0.3, -0.25) is 9.59 Å². The van der Waals surface area contributed by atoms with Gasteiger partial charge in [0.1, 0.15) is 5.69 Å². The number of aryl methyl sites for hydroxylation is 2. The number of ketones is 1. The number of hydrogen-bond acceptors (Lipinski definition) is 4. The molecule has 0 fully saturated rings. The summed E-state index contributed by atoms with van der Waals surface area (Å²) in [6.45, 7) is 2.60. The predicted molar refractivity (Wildman–Crippen MR) is 85.0 cm³/mol. The smallest absolute Gasteiger partial charge is 0.280 e. The van der Waals surface area contributed by atoms with Crippen molar-refractivity contribution in [3.05, 3.63) is 56.1 Å². The largest absolute Gasteiger partial charge is 0.289 e. The van der Waals surface area contributed by atoms with Gasteiger partial charge < -0.3 is 0 Å². The Balaban J connectivity index is 2.38. The van der Waals surface area contributed by atoms with Crippen molar-refractivity contribution in [1.82, 2.24) is 9.78 Å². The number of Topliss-reactive ketones (excluding diaryl/α,β-unsaturated/α-hetero) is 1. The normalized spacial score (nSPS) is 11.0. The Labute approximate surface area is 129 Å². The standard InChI is InChI=1S/C16H13FN2O2S/c1-9-3-5-11(6-4-9)19-16(21)14-10(2)22-8-12(14)15(18-19)13(20)7-17/h3-6,8H,7H2,1-2H3/i17-1. The number of fused-ring (bicyclic) bond motifs is 1. The average Bonchev–Trinajstić information content (AvgIpc) is 2.91. The summed E-state index contributed by atoms with van der Waals surface area (Å²) in [6, 6.07) is 7.21. The molecule has 0 spiro atoms. The maximum Gasteiger partial charge on any atom is 0.280 e. The van der Waals surface area contributed by atoms with Crippen molar-refractivity contribution in [2.75, 3.05) is 6.67 Å². The molecule has 2 aromatic heterocycles. The molecule has 112 valence electrons. The maximum absolute atomic E-state index is 12.8. The fourth-order valence-corrected chi connectivity index (χ4v) is 3.17. The number of benzene rings is 1. The summed E-state index contributed by atoms with van der Waals surface area (Å²) < 4.78 is 14.0. The minimum absolute atomic E-state index is 0.00187. The first-order valence-electron chi connectivity index (χ1n) is 6.70. The quantitative estimate of drug-likeness (QED) is 0.697. The molecule has 22 heavy (non-hydrogen) atoms. The van der Waals surface area contributed by atoms with Crippen LogP contribution in [0.3, 0.4) is 0 Å². The lowest BCUT2D eigenvalue weighted by molar-refractivity contribution is 0.0954. The highest BCUT2D eigenvalue weighted by Gasteiger charge is 2.19. The summed E-state index contributed by atoms with van der Waals surface area (Å²) in [4.78, 5) is 25.3. The number of halogens is 1. The van der Waals surface area contributed by atoms with Crippen LogP contribution in [0.2, 0.25) is 0 Å². The topological polar surface area (TPSA) is 52.0 Å². The van der Waals surface area contributed by atoms with Gasteiger partial charge in [-0.2, -0.15) is 9.78 Å². The van der Waals surface area contributed by atoms with E-state index in [9.17, 15) is 14.0 Å². The van der Waals surface area contributed by atoms with E-state index < -0.39 is 12.5 Å². The zero-order chi connectivity index (χ0) is 15.9. The molecule has 2 heterocycles. The summed E-state index contributed by atoms with van der Waals surface area (Å²) in [5.74, 6) is -0.719. The molecule has 4 nitrogen and oxygen atoms in total. The average molecular weight is 315 g/mol. The number of nitrogens with zero attached hydrogens (tertiary/aromatic N) is 2. The van der Waals surface area contributed by atoms with Gasteiger partial charge >= 0.3 is 0 Å². The Morgan fingerprint density at radius 3 is 2.59 bits per heavy atom. The van der Waals surface area contributed by atoms with Gasteiger partial charge in [-0.05, 0) is 26.0 Å². The third-order valence-electron chi connectivity index (χ3n) is 3.50. The van der Waals surface area contributed by atoms with Crippen LogP contribution in [-0.2, 0) is 0 Å². The summed E-state index contributed by atoms with van der Waals surface area (Å²) >= 11 is 1.35. The van der Waals surface area contributed by atoms with Gasteiger partial charge in [0.2, 0.25) is 5.78 Å². The van der Waals surface area contributed by atoms with E-state index in [1.54, 1.807) is 24.4 Å². The van der Waals surface area contributed by atoms with Gasteiger partial charge in [-0.25, -0.2) is 4.39 Å². The highest BCUT2D eigenvalue weighted by Crippen LogP contribution is 2.25. The zero-order valence-electron chi connectivity index (χ0n) is 12.1. The van der Waals surface area contributed by atoms with E-state index in [4.69, 9.17) is 0 Å². The minimum Gasteiger partial charge on any atom is -0.289 e. The second-order valence-electron chi connectivity index (χ2n) is 5.04. The Kier molecular flexibility index (Phi) is 3.62. The van der Waals surface area contributed by atoms with E-state index in [1.807, 2.05) is 19.1 Å². The Hall–Kier alpha value is -2.34. The molecular weight excluding hydrogens is 302 g/mol. The van der Waals surface area contributed by atoms with E-state index in [1.165, 1.54) is 16.0 Å². The van der Waals surface area contributed by atoms with Gasteiger partial charge in [0.25, 0.3) is 5.56 Å². The number of carbonyl (C=O) groups excluding carboxylic acids is 1. The number of thiophene rings is 1. The highest BCUT2D eigenvalue weighted by atomic mass is 32.1. The molecule has 0 bridgehead atoms. The van der Waals surface area contributed by atoms with Crippen LogP contribution in [0.15, 0.2) is 34.4 Å². The molecule has 0 radical (unpaired) electrons. The number of aromatic nitrogens is 2. The SMILES string of the molecule is Cc1ccc(-n2nc(C(=O)C[18F])c3csc(C)c3c2=O)cc1. The van der Waals surface area contributed by atoms with Gasteiger partial charge in [-0.15, -0.1) is 11.3 Å². The third-order valence-corrected chi connectivity index (χ3v) is 4.41. The molecule has 3 aromatic rings. The van der Waals surface area contributed by atoms with E-state index in [0.717, 1.165) is 10.4 Å². The maximum atomic E-state index is 12.8. The fourth-order valence-electron chi connectivity index (χ4n) is 2.33. The second-order valence-corrected chi connectivity index (χ2v) is 6.12. The number of carbonyl (C=O) groups is 1. The van der Waals surface area contributed by atoms with Crippen molar-refractivity contribution in [2.45, 2.75) is 13.8 Å². The van der Waals surface area contributed by atoms with Crippen LogP contribution in [0.4, 0.5) is 4.39 Å². The molecule has 0 amide bonds. The van der Waals surface area contributed by atoms with E-state index >= 15 is 0 Å². The molecule has 1 aromatic carbocycles. The summed E-state index contributed by atoms with van der Waals surface area (Å²) in [5, 5.41) is 6.65. The fraction of sp³-hybridized carbons (Fsp3) is 0.188. The highest BCUT2D eigenvalue weighted by molar-refractivity contribution is 7.11. The summed E-state index contributed by atoms with van der Waals surface area (Å²) in [5.41, 5.74) is 1.30. The molecule has 0 aliphatic heterocycles. The monoisotopic (exact) mass is 315 g/mol. The molecular formula is C16H13FN2O2S. The van der Waals surface area contributed by atoms with Crippen LogP contribution < -0.4 is 5.56 Å². The number of alkyl halides is 1. The third kappa shape index (κ3) is 2.25. The van der Waals surface area contributed by atoms with Crippen LogP contribution in [0.25, 0.3) is 16.5 Å². The van der Waals surface area contributed by atoms with Gasteiger partial charge in [-0.1, -0.05) is 17.7 Å². The molecule has 0 saturated carbocycles. The number of rotatable bonds is 3. The van der Waals surface area contributed by atoms with Crippen LogP contribution in [0.5, 0.6) is 0 Å². The molecule has 3 rings (SSSR count). The summed E-state index contributed by atoms with van der Waals surface area (Å²) in [7, 11) is 0. The zero-order valence-corrected chi connectivity index (χ0v) is 12.9. The van der Waals surface area contributed by atoms with Crippen LogP contribution in [0, 0.1) is 13.8 Å². The van der Waals surface area contributed by atoms with Crippen molar-refractivity contribution < 1.29 is 9.18 Å².